The van der Waals surface area contributed by atoms with Crippen molar-refractivity contribution in [3.63, 3.8) is 0 Å². The van der Waals surface area contributed by atoms with Crippen molar-refractivity contribution in [2.24, 2.45) is 0 Å². The van der Waals surface area contributed by atoms with Crippen LogP contribution in [0.25, 0.3) is 0 Å². The van der Waals surface area contributed by atoms with Crippen molar-refractivity contribution in [2.75, 3.05) is 0 Å². The van der Waals surface area contributed by atoms with Crippen LogP contribution in [0.3, 0.4) is 0 Å². The lowest BCUT2D eigenvalue weighted by atomic mass is 9.80. The minimum atomic E-state index is -1.94. The topological polar surface area (TPSA) is 75.3 Å². The highest BCUT2D eigenvalue weighted by Gasteiger charge is 2.47. The van der Waals surface area contributed by atoms with Crippen LogP contribution in [0.1, 0.15) is 17.2 Å². The highest BCUT2D eigenvalue weighted by molar-refractivity contribution is 6.35. The Morgan fingerprint density at radius 1 is 1.16 bits per heavy atom. The molecule has 0 spiro atoms. The number of hydrogen-bond acceptors (Lipinski definition) is 3. The second-order valence-corrected chi connectivity index (χ2v) is 6.35. The van der Waals surface area contributed by atoms with Crippen molar-refractivity contribution in [1.29, 1.82) is 0 Å². The Morgan fingerprint density at radius 3 is 2.44 bits per heavy atom. The molecule has 0 amide bonds. The van der Waals surface area contributed by atoms with Crippen molar-refractivity contribution < 1.29 is 15.0 Å². The Kier molecular flexibility index (Phi) is 4.81. The number of hydrogen-bond donors (Lipinski definition) is 2. The van der Waals surface area contributed by atoms with Gasteiger partial charge in [0.05, 0.1) is 6.33 Å². The number of rotatable bonds is 5. The van der Waals surface area contributed by atoms with Gasteiger partial charge in [0.1, 0.15) is 5.60 Å². The molecule has 5 nitrogen and oxygen atoms in total. The van der Waals surface area contributed by atoms with E-state index in [0.29, 0.717) is 10.6 Å². The quantitative estimate of drug-likeness (QED) is 0.710. The van der Waals surface area contributed by atoms with Crippen LogP contribution in [0.5, 0.6) is 0 Å². The second kappa shape index (κ2) is 6.88. The van der Waals surface area contributed by atoms with E-state index in [9.17, 15) is 15.0 Å². The normalized spacial score (nSPS) is 14.7. The summed E-state index contributed by atoms with van der Waals surface area (Å²) in [5.41, 5.74) is -1.30. The molecule has 0 saturated heterocycles. The molecule has 25 heavy (non-hydrogen) atoms. The Hall–Kier alpha value is -2.34. The van der Waals surface area contributed by atoms with Crippen LogP contribution in [-0.4, -0.2) is 25.7 Å². The Morgan fingerprint density at radius 2 is 1.88 bits per heavy atom. The molecule has 2 atom stereocenters. The van der Waals surface area contributed by atoms with Gasteiger partial charge in [-0.15, -0.1) is 0 Å². The molecule has 0 aliphatic carbocycles. The van der Waals surface area contributed by atoms with Crippen molar-refractivity contribution in [3.8, 4) is 0 Å². The van der Waals surface area contributed by atoms with Crippen molar-refractivity contribution >= 4 is 29.2 Å². The summed E-state index contributed by atoms with van der Waals surface area (Å²) in [4.78, 5) is 16.0. The van der Waals surface area contributed by atoms with Gasteiger partial charge in [0.15, 0.2) is 6.04 Å². The second-order valence-electron chi connectivity index (χ2n) is 5.51. The first kappa shape index (κ1) is 17.5. The predicted octanol–water partition coefficient (Wildman–Crippen LogP) is 3.75. The van der Waals surface area contributed by atoms with Gasteiger partial charge in [-0.1, -0.05) is 59.6 Å². The van der Waals surface area contributed by atoms with E-state index < -0.39 is 17.6 Å². The zero-order valence-corrected chi connectivity index (χ0v) is 14.4. The summed E-state index contributed by atoms with van der Waals surface area (Å²) < 4.78 is 1.33. The minimum Gasteiger partial charge on any atom is -0.480 e. The predicted molar refractivity (Wildman–Crippen MR) is 94.8 cm³/mol. The number of nitrogens with zero attached hydrogens (tertiary/aromatic N) is 2. The maximum atomic E-state index is 12.1. The van der Waals surface area contributed by atoms with Crippen LogP contribution >= 0.6 is 23.2 Å². The lowest BCUT2D eigenvalue weighted by molar-refractivity contribution is -0.148. The monoisotopic (exact) mass is 376 g/mol. The first-order valence-electron chi connectivity index (χ1n) is 7.38. The number of carbonyl (C=O) groups is 1. The fourth-order valence-electron chi connectivity index (χ4n) is 2.90. The third-order valence-corrected chi connectivity index (χ3v) is 4.56. The SMILES string of the molecule is O=C(O)C(n1ccnc1)C(O)(c1ccccc1)c1ccc(Cl)cc1Cl. The average molecular weight is 377 g/mol. The molecule has 3 rings (SSSR count). The first-order valence-corrected chi connectivity index (χ1v) is 8.14. The summed E-state index contributed by atoms with van der Waals surface area (Å²) in [7, 11) is 0. The molecule has 7 heteroatoms. The summed E-state index contributed by atoms with van der Waals surface area (Å²) in [5, 5.41) is 22.1. The lowest BCUT2D eigenvalue weighted by Gasteiger charge is -2.36. The molecule has 0 saturated carbocycles. The number of halogens is 2. The molecule has 1 aromatic heterocycles. The van der Waals surface area contributed by atoms with Gasteiger partial charge in [-0.05, 0) is 17.7 Å². The van der Waals surface area contributed by atoms with Crippen molar-refractivity contribution in [1.82, 2.24) is 9.55 Å². The van der Waals surface area contributed by atoms with Crippen LogP contribution in [0.15, 0.2) is 67.3 Å². The third kappa shape index (κ3) is 3.14. The summed E-state index contributed by atoms with van der Waals surface area (Å²) >= 11 is 12.3. The number of aromatic nitrogens is 2. The first-order chi connectivity index (χ1) is 11.9. The standard InChI is InChI=1S/C18H14Cl2N2O3/c19-13-6-7-14(15(20)10-13)18(25,12-4-2-1-3-5-12)16(17(23)24)22-9-8-21-11-22/h1-11,16,25H,(H,23,24). The maximum absolute atomic E-state index is 12.1. The Labute approximate surface area is 154 Å². The molecule has 2 aromatic carbocycles. The van der Waals surface area contributed by atoms with E-state index in [0.717, 1.165) is 0 Å². The Balaban J connectivity index is 2.31. The summed E-state index contributed by atoms with van der Waals surface area (Å²) in [6.07, 6.45) is 4.28. The maximum Gasteiger partial charge on any atom is 0.330 e. The van der Waals surface area contributed by atoms with Crippen molar-refractivity contribution in [2.45, 2.75) is 11.6 Å². The third-order valence-electron chi connectivity index (χ3n) is 4.01. The van der Waals surface area contributed by atoms with Gasteiger partial charge in [0.25, 0.3) is 0 Å². The number of aliphatic carboxylic acids is 1. The highest BCUT2D eigenvalue weighted by Crippen LogP contribution is 2.43. The zero-order valence-electron chi connectivity index (χ0n) is 12.9. The van der Waals surface area contributed by atoms with Crippen LogP contribution < -0.4 is 0 Å². The van der Waals surface area contributed by atoms with Crippen LogP contribution in [0.2, 0.25) is 10.0 Å². The molecule has 2 N–H and O–H groups in total. The minimum absolute atomic E-state index is 0.171. The molecular weight excluding hydrogens is 363 g/mol. The Bertz CT molecular complexity index is 885. The number of aliphatic hydroxyl groups is 1. The largest absolute Gasteiger partial charge is 0.480 e. The molecule has 0 fully saturated rings. The number of carboxylic acid groups (broad SMARTS) is 1. The van der Waals surface area contributed by atoms with E-state index in [1.54, 1.807) is 36.4 Å². The summed E-state index contributed by atoms with van der Waals surface area (Å²) in [6, 6.07) is 11.7. The molecule has 0 bridgehead atoms. The number of carboxylic acids is 1. The number of benzene rings is 2. The van der Waals surface area contributed by atoms with Crippen LogP contribution in [0.4, 0.5) is 0 Å². The van der Waals surface area contributed by atoms with E-state index >= 15 is 0 Å². The van der Waals surface area contributed by atoms with Crippen LogP contribution in [-0.2, 0) is 10.4 Å². The van der Waals surface area contributed by atoms with Gasteiger partial charge < -0.3 is 14.8 Å². The molecule has 0 radical (unpaired) electrons. The molecule has 0 aliphatic heterocycles. The highest BCUT2D eigenvalue weighted by atomic mass is 35.5. The molecule has 3 aromatic rings. The van der Waals surface area contributed by atoms with Gasteiger partial charge >= 0.3 is 5.97 Å². The fraction of sp³-hybridized carbons (Fsp3) is 0.111. The van der Waals surface area contributed by atoms with Gasteiger partial charge in [0, 0.05) is 28.0 Å². The van der Waals surface area contributed by atoms with E-state index in [1.165, 1.54) is 35.4 Å². The molecular formula is C18H14Cl2N2O3. The van der Waals surface area contributed by atoms with E-state index in [-0.39, 0.29) is 10.6 Å². The summed E-state index contributed by atoms with van der Waals surface area (Å²) in [5.74, 6) is -1.23. The van der Waals surface area contributed by atoms with Crippen molar-refractivity contribution in [3.05, 3.63) is 88.4 Å². The molecule has 128 valence electrons. The van der Waals surface area contributed by atoms with Gasteiger partial charge in [-0.25, -0.2) is 9.78 Å². The van der Waals surface area contributed by atoms with Crippen LogP contribution in [0, 0.1) is 0 Å². The summed E-state index contributed by atoms with van der Waals surface area (Å²) in [6.45, 7) is 0. The molecule has 0 aliphatic rings. The molecule has 2 unspecified atom stereocenters. The molecule has 1 heterocycles. The fourth-order valence-corrected chi connectivity index (χ4v) is 3.45. The number of imidazole rings is 1. The smallest absolute Gasteiger partial charge is 0.330 e. The van der Waals surface area contributed by atoms with E-state index in [2.05, 4.69) is 4.98 Å². The average Bonchev–Trinajstić information content (AvgIpc) is 3.09. The van der Waals surface area contributed by atoms with Gasteiger partial charge in [0.2, 0.25) is 0 Å². The van der Waals surface area contributed by atoms with E-state index in [1.807, 2.05) is 0 Å². The lowest BCUT2D eigenvalue weighted by Crippen LogP contribution is -2.42. The zero-order chi connectivity index (χ0) is 18.0. The van der Waals surface area contributed by atoms with Gasteiger partial charge in [-0.3, -0.25) is 0 Å². The van der Waals surface area contributed by atoms with E-state index in [4.69, 9.17) is 23.2 Å². The van der Waals surface area contributed by atoms with Gasteiger partial charge in [-0.2, -0.15) is 0 Å².